The van der Waals surface area contributed by atoms with Gasteiger partial charge in [0.25, 0.3) is 5.91 Å². The minimum absolute atomic E-state index is 0.00345. The van der Waals surface area contributed by atoms with Crippen molar-refractivity contribution in [1.82, 2.24) is 15.1 Å². The minimum atomic E-state index is -0.442. The average molecular weight is 438 g/mol. The summed E-state index contributed by atoms with van der Waals surface area (Å²) in [6.07, 6.45) is 5.60. The zero-order valence-electron chi connectivity index (χ0n) is 17.4. The molecule has 1 N–H and O–H groups in total. The highest BCUT2D eigenvalue weighted by Crippen LogP contribution is 2.33. The number of benzene rings is 1. The standard InChI is InChI=1S/C22H32ClN3O2S/c1-3-20-26(22(28)17-10-4-5-11-18(17)23)19(15-29-20)21(27)24-12-8-14-25-13-7-6-9-16(25)2/h4-5,10-11,16,19-20H,3,6-9,12-15H2,1-2H3,(H,24,27). The highest BCUT2D eigenvalue weighted by Gasteiger charge is 2.41. The quantitative estimate of drug-likeness (QED) is 0.654. The Labute approximate surface area is 183 Å². The lowest BCUT2D eigenvalue weighted by atomic mass is 10.0. The molecule has 2 heterocycles. The molecule has 1 aromatic rings. The number of hydrogen-bond donors (Lipinski definition) is 1. The van der Waals surface area contributed by atoms with Gasteiger partial charge in [-0.05, 0) is 51.3 Å². The second kappa shape index (κ2) is 10.7. The molecule has 5 nitrogen and oxygen atoms in total. The summed E-state index contributed by atoms with van der Waals surface area (Å²) >= 11 is 7.92. The molecule has 0 aliphatic carbocycles. The Hall–Kier alpha value is -1.24. The van der Waals surface area contributed by atoms with E-state index in [4.69, 9.17) is 11.6 Å². The van der Waals surface area contributed by atoms with Gasteiger partial charge in [-0.3, -0.25) is 9.59 Å². The van der Waals surface area contributed by atoms with Crippen LogP contribution in [-0.4, -0.2) is 64.5 Å². The lowest BCUT2D eigenvalue weighted by Crippen LogP contribution is -2.50. The number of nitrogens with zero attached hydrogens (tertiary/aromatic N) is 2. The van der Waals surface area contributed by atoms with E-state index in [1.165, 1.54) is 19.3 Å². The van der Waals surface area contributed by atoms with Gasteiger partial charge in [0.2, 0.25) is 5.91 Å². The molecule has 2 aliphatic rings. The molecule has 3 unspecified atom stereocenters. The smallest absolute Gasteiger partial charge is 0.256 e. The molecule has 2 saturated heterocycles. The van der Waals surface area contributed by atoms with Gasteiger partial charge in [0, 0.05) is 24.9 Å². The molecule has 2 aliphatic heterocycles. The molecule has 0 radical (unpaired) electrons. The maximum Gasteiger partial charge on any atom is 0.256 e. The van der Waals surface area contributed by atoms with Crippen LogP contribution >= 0.6 is 23.4 Å². The fourth-order valence-corrected chi connectivity index (χ4v) is 5.80. The van der Waals surface area contributed by atoms with E-state index in [0.717, 1.165) is 25.9 Å². The third-order valence-corrected chi connectivity index (χ3v) is 7.73. The fraction of sp³-hybridized carbons (Fsp3) is 0.636. The van der Waals surface area contributed by atoms with Crippen LogP contribution in [0, 0.1) is 0 Å². The molecule has 0 spiro atoms. The van der Waals surface area contributed by atoms with Gasteiger partial charge < -0.3 is 15.1 Å². The maximum atomic E-state index is 13.2. The average Bonchev–Trinajstić information content (AvgIpc) is 3.16. The molecule has 0 aromatic heterocycles. The van der Waals surface area contributed by atoms with Gasteiger partial charge in [0.05, 0.1) is 16.0 Å². The van der Waals surface area contributed by atoms with Gasteiger partial charge in [-0.15, -0.1) is 11.8 Å². The van der Waals surface area contributed by atoms with Gasteiger partial charge in [0.1, 0.15) is 6.04 Å². The summed E-state index contributed by atoms with van der Waals surface area (Å²) < 4.78 is 0. The molecule has 29 heavy (non-hydrogen) atoms. The maximum absolute atomic E-state index is 13.2. The molecule has 1 aromatic carbocycles. The number of rotatable bonds is 7. The van der Waals surface area contributed by atoms with E-state index in [2.05, 4.69) is 17.1 Å². The highest BCUT2D eigenvalue weighted by atomic mass is 35.5. The summed E-state index contributed by atoms with van der Waals surface area (Å²) in [5.41, 5.74) is 0.465. The van der Waals surface area contributed by atoms with E-state index < -0.39 is 6.04 Å². The van der Waals surface area contributed by atoms with E-state index in [9.17, 15) is 9.59 Å². The zero-order valence-corrected chi connectivity index (χ0v) is 19.0. The van der Waals surface area contributed by atoms with Gasteiger partial charge in [0.15, 0.2) is 0 Å². The van der Waals surface area contributed by atoms with Crippen molar-refractivity contribution >= 4 is 35.2 Å². The van der Waals surface area contributed by atoms with Gasteiger partial charge in [-0.1, -0.05) is 37.1 Å². The summed E-state index contributed by atoms with van der Waals surface area (Å²) in [6, 6.07) is 7.26. The lowest BCUT2D eigenvalue weighted by Gasteiger charge is -2.33. The first-order valence-electron chi connectivity index (χ1n) is 10.7. The van der Waals surface area contributed by atoms with Crippen molar-refractivity contribution in [2.45, 2.75) is 63.4 Å². The van der Waals surface area contributed by atoms with Crippen molar-refractivity contribution in [3.05, 3.63) is 34.9 Å². The zero-order chi connectivity index (χ0) is 20.8. The Morgan fingerprint density at radius 2 is 2.07 bits per heavy atom. The number of amides is 2. The predicted molar refractivity (Wildman–Crippen MR) is 120 cm³/mol. The lowest BCUT2D eigenvalue weighted by molar-refractivity contribution is -0.124. The topological polar surface area (TPSA) is 52.7 Å². The van der Waals surface area contributed by atoms with E-state index in [0.29, 0.717) is 28.9 Å². The molecule has 2 amide bonds. The van der Waals surface area contributed by atoms with Crippen LogP contribution in [0.4, 0.5) is 0 Å². The minimum Gasteiger partial charge on any atom is -0.354 e. The largest absolute Gasteiger partial charge is 0.354 e. The van der Waals surface area contributed by atoms with Crippen molar-refractivity contribution in [1.29, 1.82) is 0 Å². The molecule has 0 bridgehead atoms. The van der Waals surface area contributed by atoms with Crippen molar-refractivity contribution in [3.8, 4) is 0 Å². The Morgan fingerprint density at radius 1 is 1.28 bits per heavy atom. The van der Waals surface area contributed by atoms with Crippen molar-refractivity contribution in [3.63, 3.8) is 0 Å². The fourth-order valence-electron chi connectivity index (χ4n) is 4.23. The molecule has 3 atom stereocenters. The summed E-state index contributed by atoms with van der Waals surface area (Å²) in [5, 5.41) is 3.50. The van der Waals surface area contributed by atoms with E-state index in [1.54, 1.807) is 34.9 Å². The van der Waals surface area contributed by atoms with Gasteiger partial charge in [-0.25, -0.2) is 0 Å². The van der Waals surface area contributed by atoms with Gasteiger partial charge >= 0.3 is 0 Å². The molecular formula is C22H32ClN3O2S. The molecule has 0 saturated carbocycles. The number of halogens is 1. The highest BCUT2D eigenvalue weighted by molar-refractivity contribution is 8.00. The van der Waals surface area contributed by atoms with E-state index in [1.807, 2.05) is 13.0 Å². The number of carbonyl (C=O) groups is 2. The Balaban J connectivity index is 1.57. The summed E-state index contributed by atoms with van der Waals surface area (Å²) in [4.78, 5) is 30.3. The number of thioether (sulfide) groups is 1. The van der Waals surface area contributed by atoms with Gasteiger partial charge in [-0.2, -0.15) is 0 Å². The first-order chi connectivity index (χ1) is 14.0. The van der Waals surface area contributed by atoms with Crippen LogP contribution in [0.2, 0.25) is 5.02 Å². The number of carbonyl (C=O) groups excluding carboxylic acids is 2. The second-order valence-electron chi connectivity index (χ2n) is 7.93. The van der Waals surface area contributed by atoms with Crippen molar-refractivity contribution in [2.75, 3.05) is 25.4 Å². The number of hydrogen-bond acceptors (Lipinski definition) is 4. The van der Waals surface area contributed by atoms with Crippen molar-refractivity contribution in [2.24, 2.45) is 0 Å². The van der Waals surface area contributed by atoms with Crippen LogP contribution in [0.15, 0.2) is 24.3 Å². The Morgan fingerprint density at radius 3 is 2.79 bits per heavy atom. The van der Waals surface area contributed by atoms with E-state index in [-0.39, 0.29) is 17.2 Å². The summed E-state index contributed by atoms with van der Waals surface area (Å²) in [6.45, 7) is 7.16. The molecule has 3 rings (SSSR count). The number of piperidine rings is 1. The number of likely N-dealkylation sites (tertiary alicyclic amines) is 1. The summed E-state index contributed by atoms with van der Waals surface area (Å²) in [7, 11) is 0. The van der Waals surface area contributed by atoms with Crippen LogP contribution < -0.4 is 5.32 Å². The van der Waals surface area contributed by atoms with Crippen molar-refractivity contribution < 1.29 is 9.59 Å². The SMILES string of the molecule is CCC1SCC(C(=O)NCCCN2CCCCC2C)N1C(=O)c1ccccc1Cl. The Kier molecular flexibility index (Phi) is 8.27. The van der Waals surface area contributed by atoms with Crippen LogP contribution in [0.3, 0.4) is 0 Å². The number of nitrogens with one attached hydrogen (secondary N) is 1. The third-order valence-electron chi connectivity index (χ3n) is 5.95. The van der Waals surface area contributed by atoms with Crippen LogP contribution in [0.1, 0.15) is 56.3 Å². The van der Waals surface area contributed by atoms with Crippen LogP contribution in [0.5, 0.6) is 0 Å². The molecule has 7 heteroatoms. The first kappa shape index (κ1) is 22.4. The second-order valence-corrected chi connectivity index (χ2v) is 9.55. The summed E-state index contributed by atoms with van der Waals surface area (Å²) in [5.74, 6) is 0.416. The molecule has 160 valence electrons. The third kappa shape index (κ3) is 5.47. The first-order valence-corrected chi connectivity index (χ1v) is 12.2. The van der Waals surface area contributed by atoms with E-state index >= 15 is 0 Å². The van der Waals surface area contributed by atoms with Crippen LogP contribution in [-0.2, 0) is 4.79 Å². The molecular weight excluding hydrogens is 406 g/mol. The predicted octanol–water partition coefficient (Wildman–Crippen LogP) is 4.01. The van der Waals surface area contributed by atoms with Crippen LogP contribution in [0.25, 0.3) is 0 Å². The monoisotopic (exact) mass is 437 g/mol. The molecule has 2 fully saturated rings. The Bertz CT molecular complexity index is 717. The normalized spacial score (nSPS) is 25.2.